The van der Waals surface area contributed by atoms with Crippen LogP contribution in [0.25, 0.3) is 0 Å². The van der Waals surface area contributed by atoms with Crippen molar-refractivity contribution in [1.29, 1.82) is 0 Å². The summed E-state index contributed by atoms with van der Waals surface area (Å²) in [5.41, 5.74) is 11.7. The van der Waals surface area contributed by atoms with Crippen LogP contribution in [0, 0.1) is 11.6 Å². The van der Waals surface area contributed by atoms with E-state index in [4.69, 9.17) is 11.5 Å². The monoisotopic (exact) mass is 294 g/mol. The summed E-state index contributed by atoms with van der Waals surface area (Å²) >= 11 is 1.03. The molecule has 2 rings (SSSR count). The van der Waals surface area contributed by atoms with Crippen LogP contribution in [-0.4, -0.2) is 5.91 Å². The summed E-state index contributed by atoms with van der Waals surface area (Å²) in [6.45, 7) is 0. The second-order valence-corrected chi connectivity index (χ2v) is 5.15. The molecular weight excluding hydrogens is 282 g/mol. The Kier molecular flexibility index (Phi) is 4.24. The smallest absolute Gasteiger partial charge is 0.248 e. The van der Waals surface area contributed by atoms with Crippen LogP contribution in [0.3, 0.4) is 0 Å². The van der Waals surface area contributed by atoms with Crippen LogP contribution >= 0.6 is 11.8 Å². The van der Waals surface area contributed by atoms with E-state index in [1.165, 1.54) is 0 Å². The fraction of sp³-hybridized carbons (Fsp3) is 0.0714. The number of thioether (sulfide) groups is 1. The Balaban J connectivity index is 2.11. The van der Waals surface area contributed by atoms with Gasteiger partial charge in [0.1, 0.15) is 11.6 Å². The van der Waals surface area contributed by atoms with E-state index >= 15 is 0 Å². The Hall–Kier alpha value is -2.08. The highest BCUT2D eigenvalue weighted by molar-refractivity contribution is 7.98. The van der Waals surface area contributed by atoms with Crippen molar-refractivity contribution in [1.82, 2.24) is 0 Å². The number of hydrogen-bond acceptors (Lipinski definition) is 3. The van der Waals surface area contributed by atoms with Crippen molar-refractivity contribution in [3.63, 3.8) is 0 Å². The second-order valence-electron chi connectivity index (χ2n) is 4.16. The minimum Gasteiger partial charge on any atom is -0.399 e. The maximum absolute atomic E-state index is 13.6. The first-order valence-electron chi connectivity index (χ1n) is 5.73. The zero-order valence-electron chi connectivity index (χ0n) is 10.4. The lowest BCUT2D eigenvalue weighted by atomic mass is 10.1. The van der Waals surface area contributed by atoms with Crippen molar-refractivity contribution in [3.8, 4) is 0 Å². The van der Waals surface area contributed by atoms with E-state index in [2.05, 4.69) is 0 Å². The number of hydrogen-bond donors (Lipinski definition) is 2. The second kappa shape index (κ2) is 5.92. The Bertz CT molecular complexity index is 621. The number of rotatable bonds is 4. The van der Waals surface area contributed by atoms with Gasteiger partial charge in [-0.2, -0.15) is 0 Å². The van der Waals surface area contributed by atoms with Crippen LogP contribution in [0.2, 0.25) is 0 Å². The zero-order valence-corrected chi connectivity index (χ0v) is 11.2. The maximum Gasteiger partial charge on any atom is 0.248 e. The molecule has 0 aliphatic rings. The van der Waals surface area contributed by atoms with Gasteiger partial charge in [-0.1, -0.05) is 12.1 Å². The lowest BCUT2D eigenvalue weighted by molar-refractivity contribution is 0.100. The molecule has 4 N–H and O–H groups in total. The summed E-state index contributed by atoms with van der Waals surface area (Å²) in [5.74, 6) is -1.50. The predicted octanol–water partition coefficient (Wildman–Crippen LogP) is 2.94. The van der Waals surface area contributed by atoms with Crippen LogP contribution in [0.15, 0.2) is 41.3 Å². The van der Waals surface area contributed by atoms with Gasteiger partial charge in [0.25, 0.3) is 0 Å². The Morgan fingerprint density at radius 1 is 1.10 bits per heavy atom. The third-order valence-corrected chi connectivity index (χ3v) is 3.80. The summed E-state index contributed by atoms with van der Waals surface area (Å²) in [4.78, 5) is 10.8. The molecule has 0 spiro atoms. The molecule has 0 aromatic heterocycles. The highest BCUT2D eigenvalue weighted by Crippen LogP contribution is 2.29. The molecule has 0 saturated carbocycles. The fourth-order valence-corrected chi connectivity index (χ4v) is 2.54. The third kappa shape index (κ3) is 3.27. The molecule has 104 valence electrons. The fourth-order valence-electron chi connectivity index (χ4n) is 1.64. The van der Waals surface area contributed by atoms with Crippen LogP contribution in [0.1, 0.15) is 15.9 Å². The van der Waals surface area contributed by atoms with E-state index < -0.39 is 17.5 Å². The van der Waals surface area contributed by atoms with Crippen LogP contribution in [0.4, 0.5) is 14.5 Å². The normalized spacial score (nSPS) is 10.5. The third-order valence-electron chi connectivity index (χ3n) is 2.64. The molecule has 3 nitrogen and oxygen atoms in total. The van der Waals surface area contributed by atoms with Gasteiger partial charge in [0, 0.05) is 17.0 Å². The van der Waals surface area contributed by atoms with Crippen molar-refractivity contribution in [2.24, 2.45) is 5.73 Å². The largest absolute Gasteiger partial charge is 0.399 e. The summed E-state index contributed by atoms with van der Waals surface area (Å²) in [7, 11) is 0. The van der Waals surface area contributed by atoms with E-state index in [9.17, 15) is 13.6 Å². The molecule has 6 heteroatoms. The molecular formula is C14H12F2N2OS. The van der Waals surface area contributed by atoms with E-state index in [-0.39, 0.29) is 10.6 Å². The molecule has 2 aromatic carbocycles. The first kappa shape index (κ1) is 14.3. The van der Waals surface area contributed by atoms with Gasteiger partial charge in [0.15, 0.2) is 0 Å². The molecule has 0 radical (unpaired) electrons. The number of anilines is 1. The number of nitrogens with two attached hydrogens (primary N) is 2. The number of benzene rings is 2. The average molecular weight is 294 g/mol. The van der Waals surface area contributed by atoms with Gasteiger partial charge >= 0.3 is 0 Å². The molecule has 20 heavy (non-hydrogen) atoms. The van der Waals surface area contributed by atoms with Gasteiger partial charge in [-0.25, -0.2) is 8.78 Å². The summed E-state index contributed by atoms with van der Waals surface area (Å²) in [6.07, 6.45) is 0. The number of amides is 1. The van der Waals surface area contributed by atoms with E-state index in [0.29, 0.717) is 11.3 Å². The highest BCUT2D eigenvalue weighted by atomic mass is 32.2. The minimum atomic E-state index is -0.679. The topological polar surface area (TPSA) is 69.1 Å². The van der Waals surface area contributed by atoms with Gasteiger partial charge in [-0.3, -0.25) is 4.79 Å². The Morgan fingerprint density at radius 2 is 1.65 bits per heavy atom. The average Bonchev–Trinajstić information content (AvgIpc) is 2.38. The number of nitrogen functional groups attached to an aromatic ring is 1. The van der Waals surface area contributed by atoms with Gasteiger partial charge < -0.3 is 11.5 Å². The van der Waals surface area contributed by atoms with Crippen molar-refractivity contribution in [2.75, 3.05) is 5.73 Å². The molecule has 0 heterocycles. The highest BCUT2D eigenvalue weighted by Gasteiger charge is 2.11. The SMILES string of the molecule is NC(=O)c1ccc(CSc2c(F)cc(N)cc2F)cc1. The first-order chi connectivity index (χ1) is 9.47. The maximum atomic E-state index is 13.6. The van der Waals surface area contributed by atoms with Crippen LogP contribution in [-0.2, 0) is 5.75 Å². The number of carbonyl (C=O) groups excluding carboxylic acids is 1. The van der Waals surface area contributed by atoms with Gasteiger partial charge in [-0.15, -0.1) is 11.8 Å². The number of primary amides is 1. The van der Waals surface area contributed by atoms with Crippen molar-refractivity contribution < 1.29 is 13.6 Å². The van der Waals surface area contributed by atoms with Crippen molar-refractivity contribution in [3.05, 3.63) is 59.2 Å². The van der Waals surface area contributed by atoms with E-state index in [1.807, 2.05) is 0 Å². The molecule has 0 atom stereocenters. The Morgan fingerprint density at radius 3 is 2.15 bits per heavy atom. The van der Waals surface area contributed by atoms with Crippen molar-refractivity contribution >= 4 is 23.4 Å². The van der Waals surface area contributed by atoms with E-state index in [0.717, 1.165) is 29.5 Å². The standard InChI is InChI=1S/C14H12F2N2OS/c15-11-5-10(17)6-12(16)13(11)20-7-8-1-3-9(4-2-8)14(18)19/h1-6H,7,17H2,(H2,18,19). The molecule has 0 saturated heterocycles. The van der Waals surface area contributed by atoms with Gasteiger partial charge in [0.2, 0.25) is 5.91 Å². The summed E-state index contributed by atoms with van der Waals surface area (Å²) < 4.78 is 27.2. The lowest BCUT2D eigenvalue weighted by Crippen LogP contribution is -2.10. The molecule has 1 amide bonds. The quantitative estimate of drug-likeness (QED) is 0.673. The minimum absolute atomic E-state index is 0.0511. The molecule has 0 bridgehead atoms. The Labute approximate surface area is 119 Å². The lowest BCUT2D eigenvalue weighted by Gasteiger charge is -2.06. The van der Waals surface area contributed by atoms with Gasteiger partial charge in [-0.05, 0) is 29.8 Å². The van der Waals surface area contributed by atoms with Gasteiger partial charge in [0.05, 0.1) is 4.90 Å². The van der Waals surface area contributed by atoms with Crippen LogP contribution in [0.5, 0.6) is 0 Å². The number of halogens is 2. The van der Waals surface area contributed by atoms with Crippen LogP contribution < -0.4 is 11.5 Å². The molecule has 0 aliphatic heterocycles. The number of carbonyl (C=O) groups is 1. The summed E-state index contributed by atoms with van der Waals surface area (Å²) in [5, 5.41) is 0. The predicted molar refractivity (Wildman–Crippen MR) is 75.3 cm³/mol. The molecule has 0 unspecified atom stereocenters. The summed E-state index contributed by atoms with van der Waals surface area (Å²) in [6, 6.07) is 8.71. The zero-order chi connectivity index (χ0) is 14.7. The molecule has 0 fully saturated rings. The van der Waals surface area contributed by atoms with Crippen molar-refractivity contribution in [2.45, 2.75) is 10.6 Å². The molecule has 0 aliphatic carbocycles. The van der Waals surface area contributed by atoms with E-state index in [1.54, 1.807) is 24.3 Å². The first-order valence-corrected chi connectivity index (χ1v) is 6.72. The molecule has 2 aromatic rings.